The number of fused-ring (bicyclic) bond motifs is 6. The minimum Gasteiger partial charge on any atom is -0.313 e. The lowest BCUT2D eigenvalue weighted by atomic mass is 9.98. The van der Waals surface area contributed by atoms with Crippen molar-refractivity contribution in [3.63, 3.8) is 0 Å². The summed E-state index contributed by atoms with van der Waals surface area (Å²) in [5.41, 5.74) is 16.2. The summed E-state index contributed by atoms with van der Waals surface area (Å²) in [5.74, 6) is 0. The number of aromatic nitrogens is 2. The van der Waals surface area contributed by atoms with E-state index in [-0.39, 0.29) is 0 Å². The van der Waals surface area contributed by atoms with E-state index < -0.39 is 0 Å². The molecule has 9 aromatic rings. The van der Waals surface area contributed by atoms with Gasteiger partial charge in [-0.15, -0.1) is 0 Å². The van der Waals surface area contributed by atoms with Crippen molar-refractivity contribution in [2.45, 2.75) is 12.8 Å². The van der Waals surface area contributed by atoms with Crippen LogP contribution in [0.3, 0.4) is 0 Å². The Balaban J connectivity index is 1.04. The van der Waals surface area contributed by atoms with Crippen LogP contribution >= 0.6 is 0 Å². The van der Waals surface area contributed by atoms with Crippen LogP contribution in [0.25, 0.3) is 83.5 Å². The predicted octanol–water partition coefficient (Wildman–Crippen LogP) is 12.7. The number of para-hydroxylation sites is 2. The molecule has 1 aliphatic carbocycles. The SMILES string of the molecule is C1=Cc2c(n(-c3ccc(-c4ccc(-c5ccccc5)cc4)cc3)c3ccc(-c4ccc5c(c4)c4ccccc4n5-c4ccccc4)cc23)CC1. The van der Waals surface area contributed by atoms with E-state index in [0.29, 0.717) is 0 Å². The Morgan fingerprint density at radius 3 is 1.56 bits per heavy atom. The summed E-state index contributed by atoms with van der Waals surface area (Å²) in [5, 5.41) is 3.86. The van der Waals surface area contributed by atoms with Gasteiger partial charge in [0.25, 0.3) is 0 Å². The summed E-state index contributed by atoms with van der Waals surface area (Å²) >= 11 is 0. The zero-order chi connectivity index (χ0) is 33.0. The Labute approximate surface area is 291 Å². The monoisotopic (exact) mass is 638 g/mol. The molecule has 7 aromatic carbocycles. The second-order valence-electron chi connectivity index (χ2n) is 13.3. The molecule has 0 amide bonds. The lowest BCUT2D eigenvalue weighted by Gasteiger charge is -2.14. The summed E-state index contributed by atoms with van der Waals surface area (Å²) in [7, 11) is 0. The van der Waals surface area contributed by atoms with Gasteiger partial charge in [0, 0.05) is 38.8 Å². The Morgan fingerprint density at radius 1 is 0.360 bits per heavy atom. The molecule has 50 heavy (non-hydrogen) atoms. The number of nitrogens with zero attached hydrogens (tertiary/aromatic N) is 2. The summed E-state index contributed by atoms with van der Waals surface area (Å²) < 4.78 is 4.86. The van der Waals surface area contributed by atoms with E-state index in [1.165, 1.54) is 88.7 Å². The molecule has 0 spiro atoms. The van der Waals surface area contributed by atoms with Crippen LogP contribution in [-0.4, -0.2) is 9.13 Å². The van der Waals surface area contributed by atoms with Gasteiger partial charge in [-0.2, -0.15) is 0 Å². The molecule has 0 saturated heterocycles. The number of allylic oxidation sites excluding steroid dienone is 1. The highest BCUT2D eigenvalue weighted by Gasteiger charge is 2.20. The molecule has 1 aliphatic rings. The topological polar surface area (TPSA) is 9.86 Å². The van der Waals surface area contributed by atoms with Gasteiger partial charge in [-0.3, -0.25) is 0 Å². The maximum Gasteiger partial charge on any atom is 0.0541 e. The Kier molecular flexibility index (Phi) is 6.67. The first kappa shape index (κ1) is 28.6. The zero-order valence-electron chi connectivity index (χ0n) is 27.6. The van der Waals surface area contributed by atoms with Crippen molar-refractivity contribution < 1.29 is 0 Å². The van der Waals surface area contributed by atoms with Gasteiger partial charge in [-0.25, -0.2) is 0 Å². The molecule has 0 bridgehead atoms. The Hall–Kier alpha value is -6.38. The molecule has 0 saturated carbocycles. The van der Waals surface area contributed by atoms with Crippen molar-refractivity contribution in [1.82, 2.24) is 9.13 Å². The average molecular weight is 639 g/mol. The highest BCUT2D eigenvalue weighted by Crippen LogP contribution is 2.39. The maximum atomic E-state index is 2.48. The number of hydrogen-bond acceptors (Lipinski definition) is 0. The molecule has 2 aromatic heterocycles. The molecule has 10 rings (SSSR count). The molecular weight excluding hydrogens is 605 g/mol. The molecule has 0 fully saturated rings. The van der Waals surface area contributed by atoms with Crippen LogP contribution in [0.15, 0.2) is 176 Å². The van der Waals surface area contributed by atoms with Crippen molar-refractivity contribution in [3.05, 3.63) is 187 Å². The first-order chi connectivity index (χ1) is 24.8. The van der Waals surface area contributed by atoms with Crippen molar-refractivity contribution in [1.29, 1.82) is 0 Å². The van der Waals surface area contributed by atoms with E-state index in [2.05, 4.69) is 191 Å². The maximum absolute atomic E-state index is 2.48. The fourth-order valence-electron chi connectivity index (χ4n) is 7.99. The summed E-state index contributed by atoms with van der Waals surface area (Å²) in [6.07, 6.45) is 6.75. The lowest BCUT2D eigenvalue weighted by molar-refractivity contribution is 0.888. The van der Waals surface area contributed by atoms with Gasteiger partial charge in [0.2, 0.25) is 0 Å². The third kappa shape index (κ3) is 4.64. The lowest BCUT2D eigenvalue weighted by Crippen LogP contribution is -2.02. The largest absolute Gasteiger partial charge is 0.313 e. The van der Waals surface area contributed by atoms with Gasteiger partial charge in [0.15, 0.2) is 0 Å². The molecule has 0 atom stereocenters. The van der Waals surface area contributed by atoms with Gasteiger partial charge in [-0.05, 0) is 101 Å². The zero-order valence-corrected chi connectivity index (χ0v) is 27.6. The average Bonchev–Trinajstić information content (AvgIpc) is 3.71. The second-order valence-corrected chi connectivity index (χ2v) is 13.3. The van der Waals surface area contributed by atoms with Crippen molar-refractivity contribution in [2.24, 2.45) is 0 Å². The minimum atomic E-state index is 1.03. The van der Waals surface area contributed by atoms with Gasteiger partial charge in [0.1, 0.15) is 0 Å². The molecule has 2 nitrogen and oxygen atoms in total. The van der Waals surface area contributed by atoms with Crippen LogP contribution in [0.4, 0.5) is 0 Å². The fourth-order valence-corrected chi connectivity index (χ4v) is 7.99. The van der Waals surface area contributed by atoms with E-state index in [1.807, 2.05) is 0 Å². The summed E-state index contributed by atoms with van der Waals surface area (Å²) in [4.78, 5) is 0. The van der Waals surface area contributed by atoms with E-state index in [4.69, 9.17) is 0 Å². The van der Waals surface area contributed by atoms with Gasteiger partial charge in [-0.1, -0.05) is 127 Å². The molecular formula is C48H34N2. The van der Waals surface area contributed by atoms with Crippen molar-refractivity contribution in [2.75, 3.05) is 0 Å². The highest BCUT2D eigenvalue weighted by molar-refractivity contribution is 6.10. The molecule has 236 valence electrons. The molecule has 2 heteroatoms. The van der Waals surface area contributed by atoms with Crippen molar-refractivity contribution >= 4 is 38.8 Å². The van der Waals surface area contributed by atoms with Crippen molar-refractivity contribution in [3.8, 4) is 44.8 Å². The first-order valence-electron chi connectivity index (χ1n) is 17.5. The first-order valence-corrected chi connectivity index (χ1v) is 17.5. The third-order valence-corrected chi connectivity index (χ3v) is 10.4. The van der Waals surface area contributed by atoms with Crippen LogP contribution in [0, 0.1) is 0 Å². The van der Waals surface area contributed by atoms with E-state index >= 15 is 0 Å². The number of rotatable bonds is 5. The summed E-state index contributed by atoms with van der Waals surface area (Å²) in [6, 6.07) is 62.0. The Morgan fingerprint density at radius 2 is 0.860 bits per heavy atom. The predicted molar refractivity (Wildman–Crippen MR) is 211 cm³/mol. The molecule has 0 N–H and O–H groups in total. The fraction of sp³-hybridized carbons (Fsp3) is 0.0417. The normalized spacial score (nSPS) is 12.6. The van der Waals surface area contributed by atoms with Gasteiger partial charge in [0.05, 0.1) is 16.6 Å². The molecule has 0 radical (unpaired) electrons. The number of benzene rings is 7. The van der Waals surface area contributed by atoms with Crippen LogP contribution < -0.4 is 0 Å². The van der Waals surface area contributed by atoms with Crippen LogP contribution in [-0.2, 0) is 6.42 Å². The highest BCUT2D eigenvalue weighted by atomic mass is 15.0. The van der Waals surface area contributed by atoms with Crippen LogP contribution in [0.2, 0.25) is 0 Å². The van der Waals surface area contributed by atoms with Gasteiger partial charge < -0.3 is 9.13 Å². The van der Waals surface area contributed by atoms with E-state index in [1.54, 1.807) is 0 Å². The standard InChI is InChI=1S/C48H34N2/c1-3-11-33(12-4-1)34-19-21-35(22-20-34)36-23-27-40(28-24-36)50-46-18-10-8-16-42(46)44-32-38(26-30-48(44)50)37-25-29-47-43(31-37)41-15-7-9-17-45(41)49(47)39-13-5-2-6-14-39/h1-9,11-17,19-32H,10,18H2. The quantitative estimate of drug-likeness (QED) is 0.178. The van der Waals surface area contributed by atoms with Crippen LogP contribution in [0.1, 0.15) is 17.7 Å². The minimum absolute atomic E-state index is 1.03. The van der Waals surface area contributed by atoms with Crippen LogP contribution in [0.5, 0.6) is 0 Å². The smallest absolute Gasteiger partial charge is 0.0541 e. The van der Waals surface area contributed by atoms with E-state index in [0.717, 1.165) is 12.8 Å². The second kappa shape index (κ2) is 11.6. The van der Waals surface area contributed by atoms with E-state index in [9.17, 15) is 0 Å². The van der Waals surface area contributed by atoms with Gasteiger partial charge >= 0.3 is 0 Å². The summed E-state index contributed by atoms with van der Waals surface area (Å²) in [6.45, 7) is 0. The third-order valence-electron chi connectivity index (χ3n) is 10.4. The number of hydrogen-bond donors (Lipinski definition) is 0. The molecule has 0 unspecified atom stereocenters. The Bertz CT molecular complexity index is 2710. The molecule has 2 heterocycles. The molecule has 0 aliphatic heterocycles.